The van der Waals surface area contributed by atoms with E-state index in [-0.39, 0.29) is 0 Å². The Labute approximate surface area is 150 Å². The number of thiophene rings is 1. The second-order valence-corrected chi connectivity index (χ2v) is 6.31. The lowest BCUT2D eigenvalue weighted by Crippen LogP contribution is -1.98. The predicted molar refractivity (Wildman–Crippen MR) is 96.7 cm³/mol. The molecule has 0 spiro atoms. The molecule has 0 saturated carbocycles. The first-order chi connectivity index (χ1) is 12.8. The fourth-order valence-electron chi connectivity index (χ4n) is 2.62. The smallest absolute Gasteiger partial charge is 0.336 e. The standard InChI is InChI=1S/C18H10N4O3S/c23-17-6-2-11-1-3-13(9-14(11)25-17)24-16-5-4-15-19-20-18(22(15)21-16)12-7-8-26-10-12/h1-10H. The highest BCUT2D eigenvalue weighted by molar-refractivity contribution is 7.08. The van der Waals surface area contributed by atoms with Gasteiger partial charge < -0.3 is 9.15 Å². The van der Waals surface area contributed by atoms with Crippen molar-refractivity contribution >= 4 is 28.0 Å². The van der Waals surface area contributed by atoms with Gasteiger partial charge in [-0.1, -0.05) is 0 Å². The lowest BCUT2D eigenvalue weighted by Gasteiger charge is -2.06. The number of hydrogen-bond donors (Lipinski definition) is 0. The monoisotopic (exact) mass is 362 g/mol. The van der Waals surface area contributed by atoms with Gasteiger partial charge in [0.05, 0.1) is 0 Å². The van der Waals surface area contributed by atoms with Crippen LogP contribution in [0.5, 0.6) is 11.6 Å². The van der Waals surface area contributed by atoms with Gasteiger partial charge in [0.1, 0.15) is 11.3 Å². The van der Waals surface area contributed by atoms with E-state index in [9.17, 15) is 4.79 Å². The van der Waals surface area contributed by atoms with E-state index in [1.165, 1.54) is 6.07 Å². The number of aromatic nitrogens is 4. The van der Waals surface area contributed by atoms with E-state index in [1.807, 2.05) is 22.9 Å². The van der Waals surface area contributed by atoms with E-state index >= 15 is 0 Å². The molecule has 4 heterocycles. The molecule has 1 aromatic carbocycles. The van der Waals surface area contributed by atoms with Gasteiger partial charge in [-0.05, 0) is 35.7 Å². The topological polar surface area (TPSA) is 82.5 Å². The predicted octanol–water partition coefficient (Wildman–Crippen LogP) is 3.75. The summed E-state index contributed by atoms with van der Waals surface area (Å²) in [7, 11) is 0. The van der Waals surface area contributed by atoms with E-state index in [2.05, 4.69) is 15.3 Å². The molecule has 0 aliphatic rings. The number of fused-ring (bicyclic) bond motifs is 2. The van der Waals surface area contributed by atoms with Crippen molar-refractivity contribution in [1.29, 1.82) is 0 Å². The Morgan fingerprint density at radius 2 is 1.96 bits per heavy atom. The first kappa shape index (κ1) is 14.8. The molecule has 5 aromatic rings. The molecule has 0 unspecified atom stereocenters. The third-order valence-corrected chi connectivity index (χ3v) is 4.52. The summed E-state index contributed by atoms with van der Waals surface area (Å²) in [6.45, 7) is 0. The van der Waals surface area contributed by atoms with Crippen LogP contribution in [-0.2, 0) is 0 Å². The molecule has 5 rings (SSSR count). The van der Waals surface area contributed by atoms with Crippen LogP contribution in [0.2, 0.25) is 0 Å². The molecule has 0 aliphatic carbocycles. The second-order valence-electron chi connectivity index (χ2n) is 5.53. The van der Waals surface area contributed by atoms with Gasteiger partial charge in [-0.15, -0.1) is 15.3 Å². The van der Waals surface area contributed by atoms with Crippen LogP contribution in [0.25, 0.3) is 28.0 Å². The van der Waals surface area contributed by atoms with Crippen LogP contribution in [-0.4, -0.2) is 19.8 Å². The number of ether oxygens (including phenoxy) is 1. The number of hydrogen-bond acceptors (Lipinski definition) is 7. The van der Waals surface area contributed by atoms with Crippen LogP contribution in [0.15, 0.2) is 68.5 Å². The summed E-state index contributed by atoms with van der Waals surface area (Å²) in [6.07, 6.45) is 0. The van der Waals surface area contributed by atoms with Crippen molar-refractivity contribution in [3.05, 3.63) is 69.7 Å². The highest BCUT2D eigenvalue weighted by atomic mass is 32.1. The van der Waals surface area contributed by atoms with Crippen molar-refractivity contribution in [1.82, 2.24) is 19.8 Å². The van der Waals surface area contributed by atoms with E-state index in [0.717, 1.165) is 10.9 Å². The molecule has 0 fully saturated rings. The summed E-state index contributed by atoms with van der Waals surface area (Å²) >= 11 is 1.58. The highest BCUT2D eigenvalue weighted by Crippen LogP contribution is 2.25. The SMILES string of the molecule is O=c1ccc2ccc(Oc3ccc4nnc(-c5ccsc5)n4n3)cc2o1. The first-order valence-corrected chi connectivity index (χ1v) is 8.67. The molecule has 0 radical (unpaired) electrons. The maximum absolute atomic E-state index is 11.4. The van der Waals surface area contributed by atoms with Crippen molar-refractivity contribution < 1.29 is 9.15 Å². The van der Waals surface area contributed by atoms with Gasteiger partial charge >= 0.3 is 5.63 Å². The second kappa shape index (κ2) is 5.78. The Balaban J connectivity index is 1.55. The number of rotatable bonds is 3. The fourth-order valence-corrected chi connectivity index (χ4v) is 3.26. The maximum Gasteiger partial charge on any atom is 0.336 e. The summed E-state index contributed by atoms with van der Waals surface area (Å²) in [5.41, 5.74) is 1.63. The Morgan fingerprint density at radius 1 is 1.04 bits per heavy atom. The molecule has 26 heavy (non-hydrogen) atoms. The molecule has 0 saturated heterocycles. The number of nitrogens with zero attached hydrogens (tertiary/aromatic N) is 4. The third kappa shape index (κ3) is 2.52. The van der Waals surface area contributed by atoms with Gasteiger partial charge in [-0.25, -0.2) is 4.79 Å². The first-order valence-electron chi connectivity index (χ1n) is 7.73. The Bertz CT molecular complexity index is 1290. The zero-order chi connectivity index (χ0) is 17.5. The average Bonchev–Trinajstić information content (AvgIpc) is 3.30. The molecular formula is C18H10N4O3S. The maximum atomic E-state index is 11.4. The van der Waals surface area contributed by atoms with E-state index < -0.39 is 5.63 Å². The molecule has 8 heteroatoms. The minimum absolute atomic E-state index is 0.381. The summed E-state index contributed by atoms with van der Waals surface area (Å²) in [6, 6.07) is 13.8. The normalized spacial score (nSPS) is 11.2. The van der Waals surface area contributed by atoms with Gasteiger partial charge in [-0.3, -0.25) is 0 Å². The number of benzene rings is 1. The van der Waals surface area contributed by atoms with Crippen molar-refractivity contribution in [2.24, 2.45) is 0 Å². The van der Waals surface area contributed by atoms with E-state index in [0.29, 0.717) is 28.7 Å². The molecule has 126 valence electrons. The summed E-state index contributed by atoms with van der Waals surface area (Å²) in [5, 5.41) is 17.6. The third-order valence-electron chi connectivity index (χ3n) is 3.83. The summed E-state index contributed by atoms with van der Waals surface area (Å²) in [4.78, 5) is 11.4. The van der Waals surface area contributed by atoms with Crippen molar-refractivity contribution in [2.75, 3.05) is 0 Å². The summed E-state index contributed by atoms with van der Waals surface area (Å²) < 4.78 is 12.7. The molecule has 0 N–H and O–H groups in total. The lowest BCUT2D eigenvalue weighted by molar-refractivity contribution is 0.451. The molecule has 0 aliphatic heterocycles. The van der Waals surface area contributed by atoms with Gasteiger partial charge in [0.15, 0.2) is 11.5 Å². The van der Waals surface area contributed by atoms with Gasteiger partial charge in [0.2, 0.25) is 5.88 Å². The average molecular weight is 362 g/mol. The van der Waals surface area contributed by atoms with Crippen LogP contribution in [0, 0.1) is 0 Å². The molecule has 7 nitrogen and oxygen atoms in total. The summed E-state index contributed by atoms with van der Waals surface area (Å²) in [5.74, 6) is 1.55. The van der Waals surface area contributed by atoms with Crippen molar-refractivity contribution in [3.63, 3.8) is 0 Å². The molecule has 0 amide bonds. The highest BCUT2D eigenvalue weighted by Gasteiger charge is 2.11. The molecule has 0 atom stereocenters. The Hall–Kier alpha value is -3.52. The lowest BCUT2D eigenvalue weighted by atomic mass is 10.2. The molecule has 4 aromatic heterocycles. The van der Waals surface area contributed by atoms with E-state index in [4.69, 9.17) is 9.15 Å². The van der Waals surface area contributed by atoms with Gasteiger partial charge in [0.25, 0.3) is 0 Å². The quantitative estimate of drug-likeness (QED) is 0.455. The largest absolute Gasteiger partial charge is 0.437 e. The zero-order valence-corrected chi connectivity index (χ0v) is 14.0. The van der Waals surface area contributed by atoms with Crippen molar-refractivity contribution in [3.8, 4) is 23.0 Å². The minimum Gasteiger partial charge on any atom is -0.437 e. The Morgan fingerprint density at radius 3 is 2.85 bits per heavy atom. The van der Waals surface area contributed by atoms with Crippen molar-refractivity contribution in [2.45, 2.75) is 0 Å². The fraction of sp³-hybridized carbons (Fsp3) is 0. The Kier molecular flexibility index (Phi) is 3.29. The zero-order valence-electron chi connectivity index (χ0n) is 13.2. The van der Waals surface area contributed by atoms with E-state index in [1.54, 1.807) is 46.2 Å². The van der Waals surface area contributed by atoms with Crippen LogP contribution in [0.3, 0.4) is 0 Å². The van der Waals surface area contributed by atoms with Gasteiger partial charge in [0, 0.05) is 34.5 Å². The van der Waals surface area contributed by atoms with Gasteiger partial charge in [-0.2, -0.15) is 15.9 Å². The van der Waals surface area contributed by atoms with Crippen LogP contribution in [0.1, 0.15) is 0 Å². The molecule has 0 bridgehead atoms. The van der Waals surface area contributed by atoms with Crippen LogP contribution < -0.4 is 10.4 Å². The van der Waals surface area contributed by atoms with Crippen LogP contribution >= 0.6 is 11.3 Å². The van der Waals surface area contributed by atoms with Crippen LogP contribution in [0.4, 0.5) is 0 Å². The minimum atomic E-state index is -0.404. The molecular weight excluding hydrogens is 352 g/mol.